The predicted molar refractivity (Wildman–Crippen MR) is 70.4 cm³/mol. The number of para-hydroxylation sites is 1. The summed E-state index contributed by atoms with van der Waals surface area (Å²) in [5.41, 5.74) is 5.69. The molecule has 1 N–H and O–H groups in total. The molecular formula is C12H15N3OS. The van der Waals surface area contributed by atoms with E-state index in [9.17, 15) is 0 Å². The molecule has 1 aromatic heterocycles. The van der Waals surface area contributed by atoms with Crippen molar-refractivity contribution in [2.45, 2.75) is 6.92 Å². The maximum atomic E-state index is 5.32. The molecule has 1 aromatic carbocycles. The van der Waals surface area contributed by atoms with Crippen molar-refractivity contribution in [3.05, 3.63) is 23.8 Å². The highest BCUT2D eigenvalue weighted by molar-refractivity contribution is 7.22. The van der Waals surface area contributed by atoms with Crippen LogP contribution in [0, 0.1) is 6.92 Å². The molecule has 0 bridgehead atoms. The van der Waals surface area contributed by atoms with E-state index in [1.807, 2.05) is 0 Å². The van der Waals surface area contributed by atoms with E-state index in [2.05, 4.69) is 40.5 Å². The number of morpholine rings is 1. The van der Waals surface area contributed by atoms with Gasteiger partial charge in [-0.3, -0.25) is 5.43 Å². The van der Waals surface area contributed by atoms with Crippen LogP contribution in [-0.2, 0) is 4.74 Å². The first-order valence-electron chi connectivity index (χ1n) is 5.78. The van der Waals surface area contributed by atoms with Gasteiger partial charge in [-0.2, -0.15) is 0 Å². The number of hydrogen-bond acceptors (Lipinski definition) is 5. The molecule has 1 fully saturated rings. The molecule has 0 unspecified atom stereocenters. The molecule has 0 radical (unpaired) electrons. The highest BCUT2D eigenvalue weighted by atomic mass is 32.1. The SMILES string of the molecule is Cc1cccc2sc(NN3CCOCC3)nc12. The van der Waals surface area contributed by atoms with Gasteiger partial charge in [0.05, 0.1) is 23.4 Å². The topological polar surface area (TPSA) is 37.4 Å². The maximum absolute atomic E-state index is 5.32. The number of nitrogens with one attached hydrogen (secondary N) is 1. The Hall–Kier alpha value is -1.17. The number of hydrogen-bond donors (Lipinski definition) is 1. The molecular weight excluding hydrogens is 234 g/mol. The second-order valence-electron chi connectivity index (χ2n) is 4.15. The third-order valence-corrected chi connectivity index (χ3v) is 3.81. The first kappa shape index (κ1) is 11.0. The summed E-state index contributed by atoms with van der Waals surface area (Å²) in [6, 6.07) is 6.29. The number of benzene rings is 1. The largest absolute Gasteiger partial charge is 0.379 e. The average Bonchev–Trinajstić information content (AvgIpc) is 2.74. The van der Waals surface area contributed by atoms with Crippen molar-refractivity contribution in [2.75, 3.05) is 31.7 Å². The van der Waals surface area contributed by atoms with Crippen LogP contribution in [0.5, 0.6) is 0 Å². The van der Waals surface area contributed by atoms with Crippen LogP contribution in [0.1, 0.15) is 5.56 Å². The number of ether oxygens (including phenoxy) is 1. The van der Waals surface area contributed by atoms with Gasteiger partial charge in [-0.15, -0.1) is 0 Å². The van der Waals surface area contributed by atoms with Crippen molar-refractivity contribution in [1.82, 2.24) is 9.99 Å². The van der Waals surface area contributed by atoms with Gasteiger partial charge in [-0.25, -0.2) is 9.99 Å². The maximum Gasteiger partial charge on any atom is 0.198 e. The van der Waals surface area contributed by atoms with Crippen molar-refractivity contribution in [3.63, 3.8) is 0 Å². The quantitative estimate of drug-likeness (QED) is 0.886. The Morgan fingerprint density at radius 3 is 2.94 bits per heavy atom. The molecule has 90 valence electrons. The fourth-order valence-electron chi connectivity index (χ4n) is 1.94. The molecule has 5 heteroatoms. The number of anilines is 1. The summed E-state index contributed by atoms with van der Waals surface area (Å²) in [5, 5.41) is 3.13. The van der Waals surface area contributed by atoms with E-state index < -0.39 is 0 Å². The van der Waals surface area contributed by atoms with Crippen LogP contribution < -0.4 is 5.43 Å². The number of rotatable bonds is 2. The fraction of sp³-hybridized carbons (Fsp3) is 0.417. The number of aryl methyl sites for hydroxylation is 1. The number of hydrazine groups is 1. The summed E-state index contributed by atoms with van der Waals surface area (Å²) >= 11 is 1.70. The van der Waals surface area contributed by atoms with E-state index in [1.54, 1.807) is 11.3 Å². The van der Waals surface area contributed by atoms with E-state index in [0.29, 0.717) is 0 Å². The second kappa shape index (κ2) is 4.60. The molecule has 3 rings (SSSR count). The molecule has 1 aliphatic heterocycles. The Bertz CT molecular complexity index is 519. The molecule has 0 spiro atoms. The molecule has 0 aliphatic carbocycles. The van der Waals surface area contributed by atoms with Crippen molar-refractivity contribution < 1.29 is 4.74 Å². The van der Waals surface area contributed by atoms with Crippen LogP contribution in [0.4, 0.5) is 5.13 Å². The minimum absolute atomic E-state index is 0.789. The molecule has 0 amide bonds. The fourth-order valence-corrected chi connectivity index (χ4v) is 2.91. The van der Waals surface area contributed by atoms with Gasteiger partial charge < -0.3 is 4.74 Å². The van der Waals surface area contributed by atoms with Crippen LogP contribution in [0.15, 0.2) is 18.2 Å². The van der Waals surface area contributed by atoms with Gasteiger partial charge in [-0.05, 0) is 18.6 Å². The van der Waals surface area contributed by atoms with Gasteiger partial charge in [-0.1, -0.05) is 23.5 Å². The van der Waals surface area contributed by atoms with Crippen LogP contribution in [0.2, 0.25) is 0 Å². The van der Waals surface area contributed by atoms with Crippen molar-refractivity contribution in [2.24, 2.45) is 0 Å². The van der Waals surface area contributed by atoms with Gasteiger partial charge in [0.2, 0.25) is 0 Å². The van der Waals surface area contributed by atoms with Crippen LogP contribution in [-0.4, -0.2) is 36.3 Å². The lowest BCUT2D eigenvalue weighted by Gasteiger charge is -2.26. The Labute approximate surface area is 104 Å². The van der Waals surface area contributed by atoms with Gasteiger partial charge in [0, 0.05) is 13.1 Å². The number of thiazole rings is 1. The zero-order valence-electron chi connectivity index (χ0n) is 9.77. The van der Waals surface area contributed by atoms with E-state index in [0.717, 1.165) is 37.0 Å². The lowest BCUT2D eigenvalue weighted by atomic mass is 10.2. The lowest BCUT2D eigenvalue weighted by Crippen LogP contribution is -2.40. The molecule has 0 saturated carbocycles. The summed E-state index contributed by atoms with van der Waals surface area (Å²) in [6.45, 7) is 5.50. The predicted octanol–water partition coefficient (Wildman–Crippen LogP) is 2.26. The summed E-state index contributed by atoms with van der Waals surface area (Å²) < 4.78 is 6.55. The molecule has 1 saturated heterocycles. The first-order chi connectivity index (χ1) is 8.33. The first-order valence-corrected chi connectivity index (χ1v) is 6.60. The zero-order valence-corrected chi connectivity index (χ0v) is 10.6. The zero-order chi connectivity index (χ0) is 11.7. The van der Waals surface area contributed by atoms with Crippen molar-refractivity contribution >= 4 is 26.7 Å². The average molecular weight is 249 g/mol. The summed E-state index contributed by atoms with van der Waals surface area (Å²) in [6.07, 6.45) is 0. The lowest BCUT2D eigenvalue weighted by molar-refractivity contribution is 0.0497. The molecule has 2 heterocycles. The molecule has 4 nitrogen and oxygen atoms in total. The normalized spacial score (nSPS) is 17.5. The minimum Gasteiger partial charge on any atom is -0.379 e. The Kier molecular flexibility index (Phi) is 2.96. The summed E-state index contributed by atoms with van der Waals surface area (Å²) in [7, 11) is 0. The number of nitrogens with zero attached hydrogens (tertiary/aromatic N) is 2. The Morgan fingerprint density at radius 1 is 1.35 bits per heavy atom. The summed E-state index contributed by atoms with van der Waals surface area (Å²) in [4.78, 5) is 4.63. The highest BCUT2D eigenvalue weighted by Crippen LogP contribution is 2.28. The second-order valence-corrected chi connectivity index (χ2v) is 5.18. The third-order valence-electron chi connectivity index (χ3n) is 2.89. The van der Waals surface area contributed by atoms with Crippen LogP contribution in [0.3, 0.4) is 0 Å². The number of fused-ring (bicyclic) bond motifs is 1. The molecule has 0 atom stereocenters. The standard InChI is InChI=1S/C12H15N3OS/c1-9-3-2-4-10-11(9)13-12(17-10)14-15-5-7-16-8-6-15/h2-4H,5-8H2,1H3,(H,13,14). The molecule has 1 aliphatic rings. The van der Waals surface area contributed by atoms with E-state index in [1.165, 1.54) is 10.3 Å². The van der Waals surface area contributed by atoms with E-state index >= 15 is 0 Å². The molecule has 17 heavy (non-hydrogen) atoms. The van der Waals surface area contributed by atoms with Crippen molar-refractivity contribution in [3.8, 4) is 0 Å². The molecule has 2 aromatic rings. The van der Waals surface area contributed by atoms with E-state index in [-0.39, 0.29) is 0 Å². The van der Waals surface area contributed by atoms with Gasteiger partial charge in [0.25, 0.3) is 0 Å². The summed E-state index contributed by atoms with van der Waals surface area (Å²) in [5.74, 6) is 0. The van der Waals surface area contributed by atoms with Gasteiger partial charge in [0.15, 0.2) is 5.13 Å². The van der Waals surface area contributed by atoms with Gasteiger partial charge in [0.1, 0.15) is 0 Å². The van der Waals surface area contributed by atoms with E-state index in [4.69, 9.17) is 4.74 Å². The van der Waals surface area contributed by atoms with Crippen LogP contribution in [0.25, 0.3) is 10.2 Å². The Morgan fingerprint density at radius 2 is 2.18 bits per heavy atom. The van der Waals surface area contributed by atoms with Gasteiger partial charge >= 0.3 is 0 Å². The monoisotopic (exact) mass is 249 g/mol. The minimum atomic E-state index is 0.789. The van der Waals surface area contributed by atoms with Crippen molar-refractivity contribution in [1.29, 1.82) is 0 Å². The number of aromatic nitrogens is 1. The van der Waals surface area contributed by atoms with Crippen LogP contribution >= 0.6 is 11.3 Å². The smallest absolute Gasteiger partial charge is 0.198 e. The Balaban J connectivity index is 1.83. The third kappa shape index (κ3) is 2.26. The highest BCUT2D eigenvalue weighted by Gasteiger charge is 2.12.